The SMILES string of the molecule is COC(=O)N(C(=O)OC(C)(C)C)c1cc(-c2cnc(OC[C@@](C)(N)CC(C)C)c(C#N)c2)ccn1. The fourth-order valence-corrected chi connectivity index (χ4v) is 3.41. The summed E-state index contributed by atoms with van der Waals surface area (Å²) < 4.78 is 15.8. The summed E-state index contributed by atoms with van der Waals surface area (Å²) in [6, 6.07) is 6.85. The maximum absolute atomic E-state index is 12.7. The highest BCUT2D eigenvalue weighted by molar-refractivity contribution is 6.08. The number of amides is 2. The second kappa shape index (κ2) is 11.1. The van der Waals surface area contributed by atoms with Crippen LogP contribution in [0.3, 0.4) is 0 Å². The smallest absolute Gasteiger partial charge is 0.425 e. The Bertz CT molecular complexity index is 1100. The van der Waals surface area contributed by atoms with Gasteiger partial charge in [-0.15, -0.1) is 0 Å². The van der Waals surface area contributed by atoms with E-state index < -0.39 is 23.3 Å². The molecular formula is C25H33N5O5. The van der Waals surface area contributed by atoms with Crippen LogP contribution in [0.25, 0.3) is 11.1 Å². The van der Waals surface area contributed by atoms with Crippen molar-refractivity contribution in [2.45, 2.75) is 59.1 Å². The maximum atomic E-state index is 12.7. The van der Waals surface area contributed by atoms with Gasteiger partial charge < -0.3 is 19.9 Å². The van der Waals surface area contributed by atoms with Crippen LogP contribution in [0.5, 0.6) is 5.88 Å². The predicted octanol–water partition coefficient (Wildman–Crippen LogP) is 4.67. The van der Waals surface area contributed by atoms with Gasteiger partial charge in [0.2, 0.25) is 5.88 Å². The van der Waals surface area contributed by atoms with Crippen molar-refractivity contribution in [1.82, 2.24) is 9.97 Å². The van der Waals surface area contributed by atoms with Crippen LogP contribution < -0.4 is 15.4 Å². The Hall–Kier alpha value is -3.71. The summed E-state index contributed by atoms with van der Waals surface area (Å²) in [6.45, 7) is 11.3. The lowest BCUT2D eigenvalue weighted by Crippen LogP contribution is -2.43. The van der Waals surface area contributed by atoms with Crippen molar-refractivity contribution in [1.29, 1.82) is 5.26 Å². The summed E-state index contributed by atoms with van der Waals surface area (Å²) in [5.41, 5.74) is 6.23. The van der Waals surface area contributed by atoms with Gasteiger partial charge >= 0.3 is 12.2 Å². The molecule has 2 rings (SSSR count). The Morgan fingerprint density at radius 1 is 1.14 bits per heavy atom. The molecule has 0 bridgehead atoms. The first kappa shape index (κ1) is 27.5. The van der Waals surface area contributed by atoms with Gasteiger partial charge in [0.1, 0.15) is 29.7 Å². The van der Waals surface area contributed by atoms with E-state index in [-0.39, 0.29) is 23.9 Å². The Balaban J connectivity index is 2.36. The molecule has 2 N–H and O–H groups in total. The maximum Gasteiger partial charge on any atom is 0.425 e. The number of carbonyl (C=O) groups excluding carboxylic acids is 2. The average Bonchev–Trinajstić information content (AvgIpc) is 2.75. The summed E-state index contributed by atoms with van der Waals surface area (Å²) in [6.07, 6.45) is 1.82. The number of hydrogen-bond acceptors (Lipinski definition) is 9. The Morgan fingerprint density at radius 2 is 1.83 bits per heavy atom. The van der Waals surface area contributed by atoms with E-state index in [0.29, 0.717) is 21.9 Å². The lowest BCUT2D eigenvalue weighted by Gasteiger charge is -2.26. The number of hydrogen-bond donors (Lipinski definition) is 1. The van der Waals surface area contributed by atoms with Crippen LogP contribution in [-0.2, 0) is 9.47 Å². The number of carbonyl (C=O) groups is 2. The summed E-state index contributed by atoms with van der Waals surface area (Å²) in [5.74, 6) is 0.566. The fourth-order valence-electron chi connectivity index (χ4n) is 3.41. The second-order valence-corrected chi connectivity index (χ2v) is 9.92. The monoisotopic (exact) mass is 483 g/mol. The van der Waals surface area contributed by atoms with Crippen molar-refractivity contribution in [2.75, 3.05) is 18.6 Å². The van der Waals surface area contributed by atoms with Crippen LogP contribution in [0.1, 0.15) is 53.5 Å². The molecule has 0 fully saturated rings. The number of ether oxygens (including phenoxy) is 3. The van der Waals surface area contributed by atoms with Crippen LogP contribution in [0.2, 0.25) is 0 Å². The van der Waals surface area contributed by atoms with Crippen LogP contribution in [0.4, 0.5) is 15.4 Å². The van der Waals surface area contributed by atoms with Crippen molar-refractivity contribution in [2.24, 2.45) is 11.7 Å². The Morgan fingerprint density at radius 3 is 2.40 bits per heavy atom. The molecule has 0 spiro atoms. The lowest BCUT2D eigenvalue weighted by molar-refractivity contribution is 0.0574. The molecule has 10 nitrogen and oxygen atoms in total. The zero-order valence-corrected chi connectivity index (χ0v) is 21.3. The summed E-state index contributed by atoms with van der Waals surface area (Å²) in [7, 11) is 1.15. The minimum Gasteiger partial charge on any atom is -0.475 e. The van der Waals surface area contributed by atoms with Crippen molar-refractivity contribution in [3.05, 3.63) is 36.2 Å². The first-order chi connectivity index (χ1) is 16.3. The highest BCUT2D eigenvalue weighted by Gasteiger charge is 2.31. The molecule has 0 saturated carbocycles. The third kappa shape index (κ3) is 7.93. The van der Waals surface area contributed by atoms with Crippen LogP contribution >= 0.6 is 0 Å². The topological polar surface area (TPSA) is 141 Å². The van der Waals surface area contributed by atoms with E-state index in [2.05, 4.69) is 29.9 Å². The van der Waals surface area contributed by atoms with E-state index in [1.54, 1.807) is 32.9 Å². The lowest BCUT2D eigenvalue weighted by atomic mass is 9.93. The third-order valence-corrected chi connectivity index (χ3v) is 4.63. The molecule has 0 unspecified atom stereocenters. The predicted molar refractivity (Wildman–Crippen MR) is 131 cm³/mol. The molecular weight excluding hydrogens is 450 g/mol. The van der Waals surface area contributed by atoms with Crippen molar-refractivity contribution in [3.8, 4) is 23.1 Å². The molecule has 1 atom stereocenters. The number of nitriles is 1. The van der Waals surface area contributed by atoms with E-state index in [9.17, 15) is 14.9 Å². The number of nitrogens with zero attached hydrogens (tertiary/aromatic N) is 4. The van der Waals surface area contributed by atoms with Gasteiger partial charge in [-0.2, -0.15) is 10.2 Å². The zero-order chi connectivity index (χ0) is 26.4. The second-order valence-electron chi connectivity index (χ2n) is 9.92. The molecule has 0 aliphatic carbocycles. The Kier molecular flexibility index (Phi) is 8.77. The van der Waals surface area contributed by atoms with Crippen molar-refractivity contribution < 1.29 is 23.8 Å². The normalized spacial score (nSPS) is 12.9. The molecule has 0 aromatic carbocycles. The van der Waals surface area contributed by atoms with Crippen LogP contribution in [-0.4, -0.2) is 47.0 Å². The molecule has 2 heterocycles. The molecule has 35 heavy (non-hydrogen) atoms. The van der Waals surface area contributed by atoms with Crippen LogP contribution in [0, 0.1) is 17.2 Å². The third-order valence-electron chi connectivity index (χ3n) is 4.63. The summed E-state index contributed by atoms with van der Waals surface area (Å²) in [5, 5.41) is 9.65. The molecule has 10 heteroatoms. The summed E-state index contributed by atoms with van der Waals surface area (Å²) in [4.78, 5) is 34.1. The van der Waals surface area contributed by atoms with Gasteiger partial charge in [0.15, 0.2) is 0 Å². The first-order valence-corrected chi connectivity index (χ1v) is 11.2. The average molecular weight is 484 g/mol. The van der Waals surface area contributed by atoms with Gasteiger partial charge in [-0.1, -0.05) is 13.8 Å². The highest BCUT2D eigenvalue weighted by Crippen LogP contribution is 2.28. The van der Waals surface area contributed by atoms with E-state index in [1.165, 1.54) is 18.5 Å². The molecule has 188 valence electrons. The molecule has 0 saturated heterocycles. The van der Waals surface area contributed by atoms with Gasteiger partial charge in [0, 0.05) is 23.5 Å². The minimum absolute atomic E-state index is 0.00461. The number of rotatable bonds is 7. The van der Waals surface area contributed by atoms with Crippen LogP contribution in [0.15, 0.2) is 30.6 Å². The summed E-state index contributed by atoms with van der Waals surface area (Å²) >= 11 is 0. The van der Waals surface area contributed by atoms with Gasteiger partial charge in [0.25, 0.3) is 0 Å². The number of aromatic nitrogens is 2. The van der Waals surface area contributed by atoms with E-state index in [4.69, 9.17) is 19.9 Å². The molecule has 0 radical (unpaired) electrons. The van der Waals surface area contributed by atoms with E-state index >= 15 is 0 Å². The quantitative estimate of drug-likeness (QED) is 0.595. The molecule has 0 aliphatic rings. The number of imide groups is 1. The van der Waals surface area contributed by atoms with Crippen molar-refractivity contribution in [3.63, 3.8) is 0 Å². The Labute approximate surface area is 206 Å². The first-order valence-electron chi connectivity index (χ1n) is 11.2. The molecule has 2 aromatic rings. The van der Waals surface area contributed by atoms with E-state index in [1.807, 2.05) is 6.92 Å². The molecule has 2 aromatic heterocycles. The minimum atomic E-state index is -0.949. The zero-order valence-electron chi connectivity index (χ0n) is 21.3. The van der Waals surface area contributed by atoms with Gasteiger partial charge in [0.05, 0.1) is 7.11 Å². The number of nitrogens with two attached hydrogens (primary N) is 1. The van der Waals surface area contributed by atoms with Gasteiger partial charge in [-0.05, 0) is 63.8 Å². The molecule has 2 amide bonds. The standard InChI is InChI=1S/C25H33N5O5/c1-16(2)12-25(6,27)15-34-21-18(13-26)10-19(14-29-21)17-8-9-28-20(11-17)30(22(31)33-7)23(32)35-24(3,4)5/h8-11,14,16H,12,15,27H2,1-7H3/t25-/m0/s1. The molecule has 0 aliphatic heterocycles. The van der Waals surface area contributed by atoms with Crippen molar-refractivity contribution >= 4 is 18.0 Å². The fraction of sp³-hybridized carbons (Fsp3) is 0.480. The largest absolute Gasteiger partial charge is 0.475 e. The van der Waals surface area contributed by atoms with E-state index in [0.717, 1.165) is 13.5 Å². The number of pyridine rings is 2. The highest BCUT2D eigenvalue weighted by atomic mass is 16.6. The van der Waals surface area contributed by atoms with Gasteiger partial charge in [-0.25, -0.2) is 19.6 Å². The number of anilines is 1. The van der Waals surface area contributed by atoms with Gasteiger partial charge in [-0.3, -0.25) is 0 Å². The number of methoxy groups -OCH3 is 1.